The van der Waals surface area contributed by atoms with E-state index >= 15 is 0 Å². The van der Waals surface area contributed by atoms with Gasteiger partial charge in [-0.25, -0.2) is 0 Å². The van der Waals surface area contributed by atoms with Crippen molar-refractivity contribution < 1.29 is 9.59 Å². The highest BCUT2D eigenvalue weighted by molar-refractivity contribution is 5.84. The zero-order valence-electron chi connectivity index (χ0n) is 12.0. The Morgan fingerprint density at radius 3 is 2.40 bits per heavy atom. The van der Waals surface area contributed by atoms with Gasteiger partial charge in [0, 0.05) is 19.5 Å². The maximum absolute atomic E-state index is 12.0. The molecule has 0 radical (unpaired) electrons. The third-order valence-corrected chi connectivity index (χ3v) is 3.55. The number of hydrogen-bond acceptors (Lipinski definition) is 3. The first kappa shape index (κ1) is 14.7. The zero-order chi connectivity index (χ0) is 14.4. The molecule has 1 amide bonds. The van der Waals surface area contributed by atoms with Crippen molar-refractivity contribution in [1.82, 2.24) is 9.80 Å². The molecule has 0 N–H and O–H groups in total. The highest BCUT2D eigenvalue weighted by atomic mass is 16.2. The molecule has 20 heavy (non-hydrogen) atoms. The van der Waals surface area contributed by atoms with Crippen LogP contribution in [0, 0.1) is 0 Å². The van der Waals surface area contributed by atoms with Crippen molar-refractivity contribution in [2.75, 3.05) is 33.2 Å². The van der Waals surface area contributed by atoms with E-state index < -0.39 is 0 Å². The molecule has 0 aromatic heterocycles. The number of rotatable bonds is 6. The number of hydrogen-bond donors (Lipinski definition) is 0. The van der Waals surface area contributed by atoms with Gasteiger partial charge in [-0.05, 0) is 25.5 Å². The minimum absolute atomic E-state index is 0.137. The zero-order valence-corrected chi connectivity index (χ0v) is 12.0. The fraction of sp³-hybridized carbons (Fsp3) is 0.500. The summed E-state index contributed by atoms with van der Waals surface area (Å²) in [5, 5.41) is 0. The maximum Gasteiger partial charge on any atom is 0.236 e. The van der Waals surface area contributed by atoms with Gasteiger partial charge in [0.15, 0.2) is 5.78 Å². The van der Waals surface area contributed by atoms with E-state index in [0.29, 0.717) is 19.5 Å². The predicted octanol–water partition coefficient (Wildman–Crippen LogP) is 1.35. The second-order valence-corrected chi connectivity index (χ2v) is 5.46. The minimum Gasteiger partial charge on any atom is -0.342 e. The van der Waals surface area contributed by atoms with E-state index in [1.165, 1.54) is 0 Å². The summed E-state index contributed by atoms with van der Waals surface area (Å²) in [5.74, 6) is 0.283. The van der Waals surface area contributed by atoms with Gasteiger partial charge in [-0.3, -0.25) is 14.5 Å². The normalized spacial score (nSPS) is 14.8. The lowest BCUT2D eigenvalue weighted by atomic mass is 10.1. The average molecular weight is 274 g/mol. The molecule has 1 aliphatic rings. The summed E-state index contributed by atoms with van der Waals surface area (Å²) in [6.07, 6.45) is 2.63. The van der Waals surface area contributed by atoms with Crippen LogP contribution in [-0.2, 0) is 16.0 Å². The van der Waals surface area contributed by atoms with E-state index in [1.54, 1.807) is 0 Å². The molecule has 0 bridgehead atoms. The van der Waals surface area contributed by atoms with Crippen molar-refractivity contribution in [2.24, 2.45) is 0 Å². The van der Waals surface area contributed by atoms with Crippen LogP contribution in [0.4, 0.5) is 0 Å². The first-order valence-corrected chi connectivity index (χ1v) is 7.17. The van der Waals surface area contributed by atoms with Gasteiger partial charge in [-0.2, -0.15) is 0 Å². The summed E-state index contributed by atoms with van der Waals surface area (Å²) >= 11 is 0. The lowest BCUT2D eigenvalue weighted by molar-refractivity contribution is -0.131. The Hall–Kier alpha value is -1.68. The Balaban J connectivity index is 1.74. The molecule has 0 saturated carbocycles. The summed E-state index contributed by atoms with van der Waals surface area (Å²) < 4.78 is 0. The highest BCUT2D eigenvalue weighted by Crippen LogP contribution is 2.08. The predicted molar refractivity (Wildman–Crippen MR) is 78.5 cm³/mol. The summed E-state index contributed by atoms with van der Waals surface area (Å²) in [7, 11) is 1.83. The monoisotopic (exact) mass is 274 g/mol. The van der Waals surface area contributed by atoms with Gasteiger partial charge in [-0.15, -0.1) is 0 Å². The lowest BCUT2D eigenvalue weighted by Gasteiger charge is -2.20. The molecule has 1 heterocycles. The van der Waals surface area contributed by atoms with E-state index in [1.807, 2.05) is 47.2 Å². The minimum atomic E-state index is 0.137. The molecule has 0 unspecified atom stereocenters. The third kappa shape index (κ3) is 4.46. The first-order valence-electron chi connectivity index (χ1n) is 7.17. The van der Waals surface area contributed by atoms with Crippen molar-refractivity contribution in [2.45, 2.75) is 19.3 Å². The van der Waals surface area contributed by atoms with Crippen LogP contribution < -0.4 is 0 Å². The second-order valence-electron chi connectivity index (χ2n) is 5.46. The third-order valence-electron chi connectivity index (χ3n) is 3.55. The molecular weight excluding hydrogens is 252 g/mol. The van der Waals surface area contributed by atoms with Crippen LogP contribution in [0.2, 0.25) is 0 Å². The standard InChI is InChI=1S/C16H22N2O2/c1-17(13-16(20)18-9-5-6-10-18)12-15(19)11-14-7-3-2-4-8-14/h2-4,7-8H,5-6,9-13H2,1H3. The number of carbonyl (C=O) groups excluding carboxylic acids is 2. The molecule has 2 rings (SSSR count). The fourth-order valence-electron chi connectivity index (χ4n) is 2.53. The molecule has 108 valence electrons. The number of nitrogens with zero attached hydrogens (tertiary/aromatic N) is 2. The number of carbonyl (C=O) groups is 2. The molecule has 1 saturated heterocycles. The average Bonchev–Trinajstić information content (AvgIpc) is 2.93. The van der Waals surface area contributed by atoms with Gasteiger partial charge in [0.05, 0.1) is 13.1 Å². The molecule has 1 aromatic carbocycles. The van der Waals surface area contributed by atoms with Crippen molar-refractivity contribution in [3.63, 3.8) is 0 Å². The second kappa shape index (κ2) is 7.20. The number of likely N-dealkylation sites (N-methyl/N-ethyl adjacent to an activating group) is 1. The van der Waals surface area contributed by atoms with Crippen molar-refractivity contribution >= 4 is 11.7 Å². The van der Waals surface area contributed by atoms with Crippen LogP contribution >= 0.6 is 0 Å². The van der Waals surface area contributed by atoms with Crippen molar-refractivity contribution in [3.05, 3.63) is 35.9 Å². The fourth-order valence-corrected chi connectivity index (χ4v) is 2.53. The van der Waals surface area contributed by atoms with E-state index in [2.05, 4.69) is 0 Å². The molecular formula is C16H22N2O2. The molecule has 0 atom stereocenters. The Kier molecular flexibility index (Phi) is 5.30. The van der Waals surface area contributed by atoms with Crippen LogP contribution in [0.1, 0.15) is 18.4 Å². The Bertz CT molecular complexity index is 453. The van der Waals surface area contributed by atoms with Gasteiger partial charge >= 0.3 is 0 Å². The van der Waals surface area contributed by atoms with Crippen LogP contribution in [0.5, 0.6) is 0 Å². The molecule has 1 aliphatic heterocycles. The van der Waals surface area contributed by atoms with Gasteiger partial charge in [0.1, 0.15) is 0 Å². The van der Waals surface area contributed by atoms with Gasteiger partial charge in [0.2, 0.25) is 5.91 Å². The quantitative estimate of drug-likeness (QED) is 0.786. The number of likely N-dealkylation sites (tertiary alicyclic amines) is 1. The Morgan fingerprint density at radius 1 is 1.10 bits per heavy atom. The number of benzene rings is 1. The summed E-state index contributed by atoms with van der Waals surface area (Å²) in [6.45, 7) is 2.39. The topological polar surface area (TPSA) is 40.6 Å². The van der Waals surface area contributed by atoms with E-state index in [4.69, 9.17) is 0 Å². The van der Waals surface area contributed by atoms with Gasteiger partial charge in [-0.1, -0.05) is 30.3 Å². The smallest absolute Gasteiger partial charge is 0.236 e. The molecule has 4 nitrogen and oxygen atoms in total. The molecule has 4 heteroatoms. The number of amides is 1. The van der Waals surface area contributed by atoms with Crippen molar-refractivity contribution in [3.8, 4) is 0 Å². The number of Topliss-reactive ketones (excluding diaryl/α,β-unsaturated/α-hetero) is 1. The van der Waals surface area contributed by atoms with Crippen LogP contribution in [0.15, 0.2) is 30.3 Å². The van der Waals surface area contributed by atoms with Crippen LogP contribution in [-0.4, -0.2) is 54.7 Å². The van der Waals surface area contributed by atoms with Crippen LogP contribution in [0.3, 0.4) is 0 Å². The van der Waals surface area contributed by atoms with Crippen molar-refractivity contribution in [1.29, 1.82) is 0 Å². The summed E-state index contributed by atoms with van der Waals surface area (Å²) in [5.41, 5.74) is 1.02. The van der Waals surface area contributed by atoms with Gasteiger partial charge in [0.25, 0.3) is 0 Å². The summed E-state index contributed by atoms with van der Waals surface area (Å²) in [4.78, 5) is 27.6. The molecule has 1 fully saturated rings. The number of ketones is 1. The summed E-state index contributed by atoms with van der Waals surface area (Å²) in [6, 6.07) is 9.71. The van der Waals surface area contributed by atoms with E-state index in [9.17, 15) is 9.59 Å². The van der Waals surface area contributed by atoms with Gasteiger partial charge < -0.3 is 4.90 Å². The molecule has 1 aromatic rings. The lowest BCUT2D eigenvalue weighted by Crippen LogP contribution is -2.39. The van der Waals surface area contributed by atoms with Crippen LogP contribution in [0.25, 0.3) is 0 Å². The molecule has 0 spiro atoms. The van der Waals surface area contributed by atoms with E-state index in [-0.39, 0.29) is 11.7 Å². The largest absolute Gasteiger partial charge is 0.342 e. The van der Waals surface area contributed by atoms with E-state index in [0.717, 1.165) is 31.5 Å². The molecule has 0 aliphatic carbocycles. The first-order chi connectivity index (χ1) is 9.65. The maximum atomic E-state index is 12.0. The Morgan fingerprint density at radius 2 is 1.75 bits per heavy atom. The Labute approximate surface area is 120 Å². The SMILES string of the molecule is CN(CC(=O)Cc1ccccc1)CC(=O)N1CCCC1. The highest BCUT2D eigenvalue weighted by Gasteiger charge is 2.19.